The summed E-state index contributed by atoms with van der Waals surface area (Å²) in [7, 11) is 0. The van der Waals surface area contributed by atoms with Crippen molar-refractivity contribution in [2.24, 2.45) is 5.92 Å². The number of likely N-dealkylation sites (tertiary alicyclic amines) is 1. The van der Waals surface area contributed by atoms with Gasteiger partial charge in [0.2, 0.25) is 5.91 Å². The first-order valence-corrected chi connectivity index (χ1v) is 5.21. The van der Waals surface area contributed by atoms with Crippen LogP contribution in [0, 0.1) is 5.92 Å². The van der Waals surface area contributed by atoms with Gasteiger partial charge in [0.05, 0.1) is 0 Å². The average Bonchev–Trinajstić information content (AvgIpc) is 2.87. The van der Waals surface area contributed by atoms with E-state index in [0.717, 1.165) is 12.3 Å². The van der Waals surface area contributed by atoms with Gasteiger partial charge in [0.1, 0.15) is 6.04 Å². The molecule has 0 aromatic heterocycles. The van der Waals surface area contributed by atoms with E-state index in [1.54, 1.807) is 4.90 Å². The Morgan fingerprint density at radius 3 is 2.71 bits per heavy atom. The van der Waals surface area contributed by atoms with Crippen molar-refractivity contribution in [3.63, 3.8) is 0 Å². The van der Waals surface area contributed by atoms with Gasteiger partial charge in [0, 0.05) is 13.0 Å². The lowest BCUT2D eigenvalue weighted by atomic mass is 10.2. The van der Waals surface area contributed by atoms with Crippen LogP contribution in [-0.2, 0) is 9.59 Å². The summed E-state index contributed by atoms with van der Waals surface area (Å²) in [5, 5.41) is 8.89. The maximum Gasteiger partial charge on any atom is 0.326 e. The summed E-state index contributed by atoms with van der Waals surface area (Å²) in [5.74, 6) is -0.0949. The molecule has 1 aliphatic carbocycles. The Hall–Kier alpha value is -1.06. The molecule has 0 bridgehead atoms. The molecule has 0 aromatic carbocycles. The predicted octanol–water partition coefficient (Wildman–Crippen LogP) is 0.862. The van der Waals surface area contributed by atoms with Crippen LogP contribution in [0.5, 0.6) is 0 Å². The van der Waals surface area contributed by atoms with Crippen molar-refractivity contribution in [2.45, 2.75) is 38.1 Å². The van der Waals surface area contributed by atoms with E-state index in [9.17, 15) is 9.59 Å². The Balaban J connectivity index is 1.90. The van der Waals surface area contributed by atoms with Crippen LogP contribution in [0.25, 0.3) is 0 Å². The first kappa shape index (κ1) is 9.49. The van der Waals surface area contributed by atoms with Crippen LogP contribution in [0.15, 0.2) is 0 Å². The highest BCUT2D eigenvalue weighted by molar-refractivity contribution is 5.87. The van der Waals surface area contributed by atoms with E-state index in [4.69, 9.17) is 5.11 Å². The molecule has 2 fully saturated rings. The lowest BCUT2D eigenvalue weighted by molar-refractivity contribution is -0.146. The van der Waals surface area contributed by atoms with Crippen molar-refractivity contribution in [1.29, 1.82) is 0 Å². The molecule has 0 radical (unpaired) electrons. The molecule has 0 spiro atoms. The molecule has 0 aromatic rings. The van der Waals surface area contributed by atoms with E-state index < -0.39 is 12.0 Å². The highest BCUT2D eigenvalue weighted by atomic mass is 16.4. The van der Waals surface area contributed by atoms with Gasteiger partial charge >= 0.3 is 5.97 Å². The highest BCUT2D eigenvalue weighted by Crippen LogP contribution is 2.33. The van der Waals surface area contributed by atoms with Gasteiger partial charge in [0.25, 0.3) is 0 Å². The summed E-state index contributed by atoms with van der Waals surface area (Å²) in [6.45, 7) is 0.639. The smallest absolute Gasteiger partial charge is 0.326 e. The maximum atomic E-state index is 11.4. The summed E-state index contributed by atoms with van der Waals surface area (Å²) < 4.78 is 0. The van der Waals surface area contributed by atoms with Gasteiger partial charge in [-0.1, -0.05) is 12.8 Å². The zero-order valence-corrected chi connectivity index (χ0v) is 8.11. The highest BCUT2D eigenvalue weighted by Gasteiger charge is 2.36. The van der Waals surface area contributed by atoms with Crippen molar-refractivity contribution in [3.05, 3.63) is 0 Å². The number of carboxylic acids is 1. The van der Waals surface area contributed by atoms with Crippen LogP contribution in [-0.4, -0.2) is 34.5 Å². The molecule has 1 amide bonds. The van der Waals surface area contributed by atoms with Crippen molar-refractivity contribution < 1.29 is 14.7 Å². The number of amides is 1. The van der Waals surface area contributed by atoms with Crippen LogP contribution in [0.3, 0.4) is 0 Å². The molecule has 14 heavy (non-hydrogen) atoms. The number of nitrogens with zero attached hydrogens (tertiary/aromatic N) is 1. The van der Waals surface area contributed by atoms with Gasteiger partial charge < -0.3 is 10.0 Å². The Morgan fingerprint density at radius 1 is 1.43 bits per heavy atom. The zero-order valence-electron chi connectivity index (χ0n) is 8.11. The first-order chi connectivity index (χ1) is 6.68. The van der Waals surface area contributed by atoms with Gasteiger partial charge in [-0.25, -0.2) is 4.79 Å². The molecule has 1 atom stereocenters. The molecule has 4 nitrogen and oxygen atoms in total. The summed E-state index contributed by atoms with van der Waals surface area (Å²) in [6, 6.07) is -0.554. The molecule has 1 heterocycles. The third-order valence-electron chi connectivity index (χ3n) is 3.09. The van der Waals surface area contributed by atoms with Crippen LogP contribution < -0.4 is 0 Å². The summed E-state index contributed by atoms with van der Waals surface area (Å²) in [6.07, 6.45) is 4.37. The minimum Gasteiger partial charge on any atom is -0.480 e. The van der Waals surface area contributed by atoms with Crippen LogP contribution >= 0.6 is 0 Å². The lowest BCUT2D eigenvalue weighted by Gasteiger charge is -2.21. The van der Waals surface area contributed by atoms with Crippen LogP contribution in [0.1, 0.15) is 32.1 Å². The second kappa shape index (κ2) is 3.59. The number of hydrogen-bond acceptors (Lipinski definition) is 2. The second-order valence-corrected chi connectivity index (χ2v) is 4.21. The molecule has 78 valence electrons. The van der Waals surface area contributed by atoms with Gasteiger partial charge in [-0.05, 0) is 18.8 Å². The number of hydrogen-bond donors (Lipinski definition) is 1. The minimum atomic E-state index is -0.855. The largest absolute Gasteiger partial charge is 0.480 e. The predicted molar refractivity (Wildman–Crippen MR) is 49.7 cm³/mol. The summed E-state index contributed by atoms with van der Waals surface area (Å²) in [5.41, 5.74) is 0. The molecule has 1 saturated carbocycles. The van der Waals surface area contributed by atoms with Crippen LogP contribution in [0.2, 0.25) is 0 Å². The summed E-state index contributed by atoms with van der Waals surface area (Å²) >= 11 is 0. The Bertz CT molecular complexity index is 260. The minimum absolute atomic E-state index is 0.0121. The van der Waals surface area contributed by atoms with E-state index in [1.807, 2.05) is 0 Å². The maximum absolute atomic E-state index is 11.4. The SMILES string of the molecule is O=C(O)C1CCC(=O)N1CCC1CC1. The number of carbonyl (C=O) groups excluding carboxylic acids is 1. The molecule has 4 heteroatoms. The summed E-state index contributed by atoms with van der Waals surface area (Å²) in [4.78, 5) is 23.8. The van der Waals surface area contributed by atoms with Gasteiger partial charge in [0.15, 0.2) is 0 Å². The van der Waals surface area contributed by atoms with Crippen molar-refractivity contribution in [3.8, 4) is 0 Å². The van der Waals surface area contributed by atoms with Crippen LogP contribution in [0.4, 0.5) is 0 Å². The van der Waals surface area contributed by atoms with E-state index >= 15 is 0 Å². The molecule has 2 aliphatic rings. The molecule has 1 aliphatic heterocycles. The molecule has 1 N–H and O–H groups in total. The van der Waals surface area contributed by atoms with Gasteiger partial charge in [-0.15, -0.1) is 0 Å². The second-order valence-electron chi connectivity index (χ2n) is 4.21. The fourth-order valence-electron chi connectivity index (χ4n) is 2.00. The number of carbonyl (C=O) groups is 2. The number of rotatable bonds is 4. The Morgan fingerprint density at radius 2 is 2.14 bits per heavy atom. The quantitative estimate of drug-likeness (QED) is 0.727. The van der Waals surface area contributed by atoms with Crippen molar-refractivity contribution in [2.75, 3.05) is 6.54 Å². The van der Waals surface area contributed by atoms with E-state index in [2.05, 4.69) is 0 Å². The van der Waals surface area contributed by atoms with E-state index in [0.29, 0.717) is 19.4 Å². The van der Waals surface area contributed by atoms with E-state index in [-0.39, 0.29) is 5.91 Å². The fraction of sp³-hybridized carbons (Fsp3) is 0.800. The number of carboxylic acid groups (broad SMARTS) is 1. The Labute approximate surface area is 82.9 Å². The fourth-order valence-corrected chi connectivity index (χ4v) is 2.00. The standard InChI is InChI=1S/C10H15NO3/c12-9-4-3-8(10(13)14)11(9)6-5-7-1-2-7/h7-8H,1-6H2,(H,13,14). The first-order valence-electron chi connectivity index (χ1n) is 5.21. The van der Waals surface area contributed by atoms with Crippen molar-refractivity contribution >= 4 is 11.9 Å². The lowest BCUT2D eigenvalue weighted by Crippen LogP contribution is -2.39. The Kier molecular flexibility index (Phi) is 2.44. The van der Waals surface area contributed by atoms with Gasteiger partial charge in [-0.2, -0.15) is 0 Å². The molecule has 2 rings (SSSR count). The zero-order chi connectivity index (χ0) is 10.1. The normalized spacial score (nSPS) is 27.0. The van der Waals surface area contributed by atoms with Crippen molar-refractivity contribution in [1.82, 2.24) is 4.90 Å². The monoisotopic (exact) mass is 197 g/mol. The topological polar surface area (TPSA) is 57.6 Å². The third kappa shape index (κ3) is 1.89. The molecule has 1 unspecified atom stereocenters. The molecule has 1 saturated heterocycles. The van der Waals surface area contributed by atoms with Gasteiger partial charge in [-0.3, -0.25) is 4.79 Å². The van der Waals surface area contributed by atoms with E-state index in [1.165, 1.54) is 12.8 Å². The molecular formula is C10H15NO3. The average molecular weight is 197 g/mol. The number of aliphatic carboxylic acids is 1. The molecular weight excluding hydrogens is 182 g/mol. The third-order valence-corrected chi connectivity index (χ3v) is 3.09.